The standard InChI is InChI=1S/C20H22O4/c1-21-13-6-4-12(5-7-13)19-14-8-9-24-20(14)16-11-18(23-3)17(22-2)10-15(16)19/h4-7,10-11,14,19-20H,8-9H2,1-3H3/t14-,19-,20-/m0/s1. The molecule has 0 radical (unpaired) electrons. The molecule has 0 unspecified atom stereocenters. The molecule has 0 bridgehead atoms. The van der Waals surface area contributed by atoms with Gasteiger partial charge in [0.05, 0.1) is 27.4 Å². The Balaban J connectivity index is 1.83. The molecule has 1 aliphatic heterocycles. The SMILES string of the molecule is COc1ccc([C@@H]2c3cc(OC)c(OC)cc3[C@H]3OCC[C@@H]23)cc1. The van der Waals surface area contributed by atoms with Crippen molar-refractivity contribution in [1.82, 2.24) is 0 Å². The van der Waals surface area contributed by atoms with Crippen molar-refractivity contribution < 1.29 is 18.9 Å². The number of hydrogen-bond acceptors (Lipinski definition) is 4. The maximum Gasteiger partial charge on any atom is 0.161 e. The summed E-state index contributed by atoms with van der Waals surface area (Å²) >= 11 is 0. The number of ether oxygens (including phenoxy) is 4. The van der Waals surface area contributed by atoms with Crippen LogP contribution in [0.25, 0.3) is 0 Å². The lowest BCUT2D eigenvalue weighted by Gasteiger charge is -2.19. The van der Waals surface area contributed by atoms with Gasteiger partial charge >= 0.3 is 0 Å². The molecule has 1 saturated heterocycles. The van der Waals surface area contributed by atoms with Gasteiger partial charge in [-0.1, -0.05) is 12.1 Å². The summed E-state index contributed by atoms with van der Waals surface area (Å²) in [7, 11) is 5.05. The summed E-state index contributed by atoms with van der Waals surface area (Å²) in [4.78, 5) is 0. The summed E-state index contributed by atoms with van der Waals surface area (Å²) in [6.45, 7) is 0.815. The molecule has 4 nitrogen and oxygen atoms in total. The Hall–Kier alpha value is -2.20. The Kier molecular flexibility index (Phi) is 3.85. The van der Waals surface area contributed by atoms with E-state index >= 15 is 0 Å². The van der Waals surface area contributed by atoms with Crippen LogP contribution >= 0.6 is 0 Å². The zero-order valence-electron chi connectivity index (χ0n) is 14.2. The number of hydrogen-bond donors (Lipinski definition) is 0. The van der Waals surface area contributed by atoms with Gasteiger partial charge in [-0.05, 0) is 47.4 Å². The summed E-state index contributed by atoms with van der Waals surface area (Å²) < 4.78 is 22.3. The highest BCUT2D eigenvalue weighted by molar-refractivity contribution is 5.55. The highest BCUT2D eigenvalue weighted by atomic mass is 16.5. The Morgan fingerprint density at radius 3 is 2.17 bits per heavy atom. The second kappa shape index (κ2) is 6.02. The average Bonchev–Trinajstić information content (AvgIpc) is 3.21. The van der Waals surface area contributed by atoms with Crippen molar-refractivity contribution in [3.8, 4) is 17.2 Å². The summed E-state index contributed by atoms with van der Waals surface area (Å²) in [6.07, 6.45) is 1.22. The molecular formula is C20H22O4. The number of fused-ring (bicyclic) bond motifs is 3. The summed E-state index contributed by atoms with van der Waals surface area (Å²) in [5.41, 5.74) is 3.81. The molecule has 0 N–H and O–H groups in total. The zero-order chi connectivity index (χ0) is 16.7. The van der Waals surface area contributed by atoms with Crippen molar-refractivity contribution in [2.45, 2.75) is 18.4 Å². The number of rotatable bonds is 4. The zero-order valence-corrected chi connectivity index (χ0v) is 14.2. The minimum atomic E-state index is 0.145. The topological polar surface area (TPSA) is 36.9 Å². The molecule has 0 spiro atoms. The Bertz CT molecular complexity index is 738. The highest BCUT2D eigenvalue weighted by Gasteiger charge is 2.45. The van der Waals surface area contributed by atoms with Crippen molar-refractivity contribution >= 4 is 0 Å². The number of benzene rings is 2. The van der Waals surface area contributed by atoms with Gasteiger partial charge in [-0.2, -0.15) is 0 Å². The molecule has 1 fully saturated rings. The number of methoxy groups -OCH3 is 3. The van der Waals surface area contributed by atoms with Gasteiger partial charge in [0, 0.05) is 18.4 Å². The normalized spacial score (nSPS) is 24.4. The quantitative estimate of drug-likeness (QED) is 0.853. The van der Waals surface area contributed by atoms with Crippen LogP contribution in [0.3, 0.4) is 0 Å². The van der Waals surface area contributed by atoms with Crippen LogP contribution in [0.15, 0.2) is 36.4 Å². The first kappa shape index (κ1) is 15.3. The summed E-state index contributed by atoms with van der Waals surface area (Å²) in [5, 5.41) is 0. The Morgan fingerprint density at radius 1 is 0.875 bits per heavy atom. The Morgan fingerprint density at radius 2 is 1.54 bits per heavy atom. The molecule has 0 amide bonds. The molecule has 1 aliphatic carbocycles. The van der Waals surface area contributed by atoms with Gasteiger partial charge in [0.1, 0.15) is 5.75 Å². The molecule has 3 atom stereocenters. The van der Waals surface area contributed by atoms with Crippen LogP contribution in [0.2, 0.25) is 0 Å². The van der Waals surface area contributed by atoms with Crippen molar-refractivity contribution in [2.75, 3.05) is 27.9 Å². The molecule has 0 aromatic heterocycles. The molecule has 2 aromatic carbocycles. The molecule has 24 heavy (non-hydrogen) atoms. The van der Waals surface area contributed by atoms with E-state index in [1.165, 1.54) is 16.7 Å². The van der Waals surface area contributed by atoms with Crippen LogP contribution in [0.4, 0.5) is 0 Å². The van der Waals surface area contributed by atoms with Gasteiger partial charge in [-0.25, -0.2) is 0 Å². The van der Waals surface area contributed by atoms with Crippen LogP contribution in [-0.4, -0.2) is 27.9 Å². The predicted molar refractivity (Wildman–Crippen MR) is 91.2 cm³/mol. The maximum absolute atomic E-state index is 6.05. The molecule has 4 heteroatoms. The van der Waals surface area contributed by atoms with Crippen LogP contribution in [-0.2, 0) is 4.74 Å². The molecule has 4 rings (SSSR count). The minimum Gasteiger partial charge on any atom is -0.497 e. The van der Waals surface area contributed by atoms with E-state index < -0.39 is 0 Å². The molecule has 0 saturated carbocycles. The van der Waals surface area contributed by atoms with Gasteiger partial charge in [0.25, 0.3) is 0 Å². The van der Waals surface area contributed by atoms with Crippen LogP contribution in [0.5, 0.6) is 17.2 Å². The first-order valence-corrected chi connectivity index (χ1v) is 8.28. The third-order valence-electron chi connectivity index (χ3n) is 5.27. The van der Waals surface area contributed by atoms with E-state index in [1.807, 2.05) is 12.1 Å². The lowest BCUT2D eigenvalue weighted by Crippen LogP contribution is -2.08. The second-order valence-electron chi connectivity index (χ2n) is 6.33. The van der Waals surface area contributed by atoms with Gasteiger partial charge in [0.2, 0.25) is 0 Å². The van der Waals surface area contributed by atoms with E-state index in [4.69, 9.17) is 18.9 Å². The lowest BCUT2D eigenvalue weighted by atomic mass is 9.84. The van der Waals surface area contributed by atoms with E-state index in [1.54, 1.807) is 21.3 Å². The fourth-order valence-corrected chi connectivity index (χ4v) is 4.16. The van der Waals surface area contributed by atoms with Crippen LogP contribution in [0, 0.1) is 5.92 Å². The van der Waals surface area contributed by atoms with Crippen LogP contribution < -0.4 is 14.2 Å². The minimum absolute atomic E-state index is 0.145. The molecule has 2 aromatic rings. The van der Waals surface area contributed by atoms with E-state index in [0.29, 0.717) is 11.8 Å². The third kappa shape index (κ3) is 2.25. The van der Waals surface area contributed by atoms with Gasteiger partial charge in [-0.3, -0.25) is 0 Å². The largest absolute Gasteiger partial charge is 0.497 e. The third-order valence-corrected chi connectivity index (χ3v) is 5.27. The van der Waals surface area contributed by atoms with Gasteiger partial charge in [0.15, 0.2) is 11.5 Å². The molecule has 126 valence electrons. The van der Waals surface area contributed by atoms with Gasteiger partial charge < -0.3 is 18.9 Å². The summed E-state index contributed by atoms with van der Waals surface area (Å²) in [6, 6.07) is 12.6. The van der Waals surface area contributed by atoms with Crippen LogP contribution in [0.1, 0.15) is 35.1 Å². The second-order valence-corrected chi connectivity index (χ2v) is 6.33. The van der Waals surface area contributed by atoms with E-state index in [9.17, 15) is 0 Å². The van der Waals surface area contributed by atoms with E-state index in [2.05, 4.69) is 24.3 Å². The van der Waals surface area contributed by atoms with Crippen molar-refractivity contribution in [3.63, 3.8) is 0 Å². The van der Waals surface area contributed by atoms with Crippen molar-refractivity contribution in [3.05, 3.63) is 53.1 Å². The maximum atomic E-state index is 6.05. The first-order valence-electron chi connectivity index (χ1n) is 8.28. The van der Waals surface area contributed by atoms with Gasteiger partial charge in [-0.15, -0.1) is 0 Å². The van der Waals surface area contributed by atoms with Crippen molar-refractivity contribution in [2.24, 2.45) is 5.92 Å². The molecule has 2 aliphatic rings. The molecule has 1 heterocycles. The predicted octanol–water partition coefficient (Wildman–Crippen LogP) is 3.94. The lowest BCUT2D eigenvalue weighted by molar-refractivity contribution is 0.0967. The van der Waals surface area contributed by atoms with E-state index in [0.717, 1.165) is 30.3 Å². The fourth-order valence-electron chi connectivity index (χ4n) is 4.16. The van der Waals surface area contributed by atoms with E-state index in [-0.39, 0.29) is 6.10 Å². The highest BCUT2D eigenvalue weighted by Crippen LogP contribution is 2.56. The van der Waals surface area contributed by atoms with Crippen molar-refractivity contribution in [1.29, 1.82) is 0 Å². The molecular weight excluding hydrogens is 304 g/mol. The Labute approximate surface area is 142 Å². The smallest absolute Gasteiger partial charge is 0.161 e. The monoisotopic (exact) mass is 326 g/mol. The fraction of sp³-hybridized carbons (Fsp3) is 0.400. The summed E-state index contributed by atoms with van der Waals surface area (Å²) in [5.74, 6) is 3.20. The average molecular weight is 326 g/mol. The first-order chi connectivity index (χ1) is 11.8.